The number of aliphatic hydroxyl groups excluding tert-OH is 1. The molecule has 2 atom stereocenters. The van der Waals surface area contributed by atoms with Gasteiger partial charge < -0.3 is 5.11 Å². The average molecular weight is 393 g/mol. The van der Waals surface area contributed by atoms with Gasteiger partial charge in [0, 0.05) is 0 Å². The summed E-state index contributed by atoms with van der Waals surface area (Å²) >= 11 is 0. The molecule has 5 heteroatoms. The van der Waals surface area contributed by atoms with E-state index in [4.69, 9.17) is 0 Å². The third-order valence-corrected chi connectivity index (χ3v) is 6.65. The molecule has 0 aliphatic heterocycles. The van der Waals surface area contributed by atoms with Crippen molar-refractivity contribution in [2.24, 2.45) is 0 Å². The normalized spacial score (nSPS) is 14.5. The predicted octanol–water partition coefficient (Wildman–Crippen LogP) is 6.28. The summed E-state index contributed by atoms with van der Waals surface area (Å²) in [5, 5.41) is 8.93. The maximum atomic E-state index is 11.5. The number of rotatable bonds is 19. The highest BCUT2D eigenvalue weighted by Crippen LogP contribution is 2.19. The molecule has 2 unspecified atom stereocenters. The van der Waals surface area contributed by atoms with Gasteiger partial charge in [0.25, 0.3) is 10.1 Å². The molecular formula is C21H44O4S. The van der Waals surface area contributed by atoms with Crippen LogP contribution in [0.25, 0.3) is 0 Å². The third-order valence-electron chi connectivity index (χ3n) is 5.34. The van der Waals surface area contributed by atoms with Crippen LogP contribution in [0.2, 0.25) is 0 Å². The van der Waals surface area contributed by atoms with Gasteiger partial charge in [-0.05, 0) is 25.7 Å². The van der Waals surface area contributed by atoms with Crippen molar-refractivity contribution in [3.8, 4) is 0 Å². The largest absolute Gasteiger partial charge is 0.393 e. The summed E-state index contributed by atoms with van der Waals surface area (Å²) in [6.45, 7) is 4.16. The van der Waals surface area contributed by atoms with Crippen molar-refractivity contribution in [2.75, 3.05) is 0 Å². The Bertz CT molecular complexity index is 395. The van der Waals surface area contributed by atoms with Gasteiger partial charge in [-0.15, -0.1) is 0 Å². The van der Waals surface area contributed by atoms with E-state index < -0.39 is 15.4 Å². The number of hydrogen-bond donors (Lipinski definition) is 2. The molecule has 0 heterocycles. The van der Waals surface area contributed by atoms with Crippen LogP contribution < -0.4 is 0 Å². The first kappa shape index (κ1) is 25.9. The molecule has 0 spiro atoms. The zero-order valence-electron chi connectivity index (χ0n) is 17.3. The van der Waals surface area contributed by atoms with Crippen molar-refractivity contribution in [3.05, 3.63) is 0 Å². The first-order valence-corrected chi connectivity index (χ1v) is 12.6. The first-order valence-electron chi connectivity index (χ1n) is 11.1. The zero-order chi connectivity index (χ0) is 19.7. The highest BCUT2D eigenvalue weighted by Gasteiger charge is 2.21. The molecule has 2 N–H and O–H groups in total. The lowest BCUT2D eigenvalue weighted by Gasteiger charge is -2.13. The van der Waals surface area contributed by atoms with Gasteiger partial charge in [-0.3, -0.25) is 4.55 Å². The SMILES string of the molecule is CCCCCCC(CCCCCCCCCCCC(O)CC)S(=O)(=O)O. The second kappa shape index (κ2) is 17.0. The molecule has 4 nitrogen and oxygen atoms in total. The second-order valence-electron chi connectivity index (χ2n) is 7.81. The zero-order valence-corrected chi connectivity index (χ0v) is 18.1. The number of hydrogen-bond acceptors (Lipinski definition) is 3. The fraction of sp³-hybridized carbons (Fsp3) is 1.00. The number of aliphatic hydroxyl groups is 1. The summed E-state index contributed by atoms with van der Waals surface area (Å²) in [5.74, 6) is 0. The minimum atomic E-state index is -3.89. The Kier molecular flexibility index (Phi) is 16.9. The molecule has 26 heavy (non-hydrogen) atoms. The van der Waals surface area contributed by atoms with Crippen molar-refractivity contribution >= 4 is 10.1 Å². The molecule has 0 aliphatic carbocycles. The fourth-order valence-electron chi connectivity index (χ4n) is 3.43. The van der Waals surface area contributed by atoms with Crippen molar-refractivity contribution in [1.29, 1.82) is 0 Å². The minimum Gasteiger partial charge on any atom is -0.393 e. The lowest BCUT2D eigenvalue weighted by Crippen LogP contribution is -2.20. The van der Waals surface area contributed by atoms with Gasteiger partial charge in [-0.25, -0.2) is 0 Å². The van der Waals surface area contributed by atoms with Gasteiger partial charge in [0.1, 0.15) is 0 Å². The molecular weight excluding hydrogens is 348 g/mol. The number of unbranched alkanes of at least 4 members (excludes halogenated alkanes) is 11. The molecule has 0 saturated heterocycles. The van der Waals surface area contributed by atoms with E-state index in [1.807, 2.05) is 6.92 Å². The van der Waals surface area contributed by atoms with Gasteiger partial charge >= 0.3 is 0 Å². The highest BCUT2D eigenvalue weighted by atomic mass is 32.2. The summed E-state index contributed by atoms with van der Waals surface area (Å²) in [4.78, 5) is 0. The maximum absolute atomic E-state index is 11.5. The maximum Gasteiger partial charge on any atom is 0.267 e. The summed E-state index contributed by atoms with van der Waals surface area (Å²) in [6.07, 6.45) is 17.5. The molecule has 0 bridgehead atoms. The van der Waals surface area contributed by atoms with E-state index >= 15 is 0 Å². The van der Waals surface area contributed by atoms with Gasteiger partial charge in [0.05, 0.1) is 11.4 Å². The molecule has 158 valence electrons. The van der Waals surface area contributed by atoms with Crippen LogP contribution in [0.15, 0.2) is 0 Å². The van der Waals surface area contributed by atoms with E-state index in [2.05, 4.69) is 6.92 Å². The highest BCUT2D eigenvalue weighted by molar-refractivity contribution is 7.86. The average Bonchev–Trinajstić information content (AvgIpc) is 2.59. The van der Waals surface area contributed by atoms with E-state index in [1.165, 1.54) is 32.1 Å². The van der Waals surface area contributed by atoms with Crippen LogP contribution >= 0.6 is 0 Å². The van der Waals surface area contributed by atoms with E-state index in [1.54, 1.807) is 0 Å². The van der Waals surface area contributed by atoms with Gasteiger partial charge in [0.2, 0.25) is 0 Å². The van der Waals surface area contributed by atoms with Crippen LogP contribution in [0, 0.1) is 0 Å². The van der Waals surface area contributed by atoms with Crippen LogP contribution in [0.3, 0.4) is 0 Å². The molecule has 0 fully saturated rings. The lowest BCUT2D eigenvalue weighted by molar-refractivity contribution is 0.156. The van der Waals surface area contributed by atoms with Crippen LogP contribution in [0.1, 0.15) is 123 Å². The van der Waals surface area contributed by atoms with Crippen molar-refractivity contribution in [3.63, 3.8) is 0 Å². The van der Waals surface area contributed by atoms with Crippen LogP contribution in [-0.2, 0) is 10.1 Å². The molecule has 0 amide bonds. The van der Waals surface area contributed by atoms with E-state index in [0.717, 1.165) is 64.2 Å². The summed E-state index contributed by atoms with van der Waals surface area (Å²) in [5.41, 5.74) is 0. The van der Waals surface area contributed by atoms with Crippen LogP contribution in [-0.4, -0.2) is 29.4 Å². The Hall–Kier alpha value is -0.130. The topological polar surface area (TPSA) is 74.6 Å². The monoisotopic (exact) mass is 392 g/mol. The standard InChI is InChI=1S/C21H44O4S/c1-3-5-6-15-18-21(26(23,24)25)19-16-13-11-9-7-8-10-12-14-17-20(22)4-2/h20-22H,3-19H2,1-2H3,(H,23,24,25). The van der Waals surface area contributed by atoms with Gasteiger partial charge in [-0.2, -0.15) is 8.42 Å². The third kappa shape index (κ3) is 16.1. The quantitative estimate of drug-likeness (QED) is 0.200. The van der Waals surface area contributed by atoms with E-state index in [9.17, 15) is 18.1 Å². The van der Waals surface area contributed by atoms with Gasteiger partial charge in [0.15, 0.2) is 0 Å². The Labute approximate surface area is 162 Å². The van der Waals surface area contributed by atoms with Crippen molar-refractivity contribution in [1.82, 2.24) is 0 Å². The summed E-state index contributed by atoms with van der Waals surface area (Å²) in [6, 6.07) is 0. The van der Waals surface area contributed by atoms with Crippen LogP contribution in [0.4, 0.5) is 0 Å². The van der Waals surface area contributed by atoms with E-state index in [0.29, 0.717) is 12.8 Å². The predicted molar refractivity (Wildman–Crippen MR) is 111 cm³/mol. The smallest absolute Gasteiger partial charge is 0.267 e. The Morgan fingerprint density at radius 3 is 1.42 bits per heavy atom. The molecule has 0 aromatic heterocycles. The Morgan fingerprint density at radius 1 is 0.654 bits per heavy atom. The Balaban J connectivity index is 3.57. The molecule has 0 aliphatic rings. The van der Waals surface area contributed by atoms with Crippen molar-refractivity contribution < 1.29 is 18.1 Å². The molecule has 0 aromatic carbocycles. The summed E-state index contributed by atoms with van der Waals surface area (Å²) < 4.78 is 32.4. The summed E-state index contributed by atoms with van der Waals surface area (Å²) in [7, 11) is -3.89. The van der Waals surface area contributed by atoms with E-state index in [-0.39, 0.29) is 6.10 Å². The molecule has 0 aromatic rings. The molecule has 0 saturated carbocycles. The molecule has 0 radical (unpaired) electrons. The van der Waals surface area contributed by atoms with Crippen molar-refractivity contribution in [2.45, 2.75) is 134 Å². The second-order valence-corrected chi connectivity index (χ2v) is 9.50. The molecule has 0 rings (SSSR count). The van der Waals surface area contributed by atoms with Gasteiger partial charge in [-0.1, -0.05) is 97.3 Å². The Morgan fingerprint density at radius 2 is 1.04 bits per heavy atom. The minimum absolute atomic E-state index is 0.117. The van der Waals surface area contributed by atoms with Crippen LogP contribution in [0.5, 0.6) is 0 Å². The first-order chi connectivity index (χ1) is 12.4. The fourth-order valence-corrected chi connectivity index (χ4v) is 4.36. The lowest BCUT2D eigenvalue weighted by atomic mass is 10.0.